The molecule has 0 unspecified atom stereocenters. The first-order chi connectivity index (χ1) is 48.2. The summed E-state index contributed by atoms with van der Waals surface area (Å²) in [6.45, 7) is -0.177. The van der Waals surface area contributed by atoms with Crippen molar-refractivity contribution in [2.45, 2.75) is 0 Å². The van der Waals surface area contributed by atoms with E-state index in [1.165, 1.54) is 84.9 Å². The van der Waals surface area contributed by atoms with Crippen molar-refractivity contribution in [3.63, 3.8) is 0 Å². The molecule has 0 saturated heterocycles. The molecule has 0 fully saturated rings. The molecule has 2 aliphatic heterocycles. The number of benzene rings is 15. The number of hydrogen-bond donors (Lipinski definition) is 0. The minimum atomic E-state index is -3.07. The number of para-hydroxylation sites is 5. The van der Waals surface area contributed by atoms with E-state index in [0.29, 0.717) is 0 Å². The van der Waals surface area contributed by atoms with Gasteiger partial charge in [0, 0.05) is 61.4 Å². The maximum atomic E-state index is 2.67. The van der Waals surface area contributed by atoms with Crippen molar-refractivity contribution in [3.8, 4) is 11.4 Å². The summed E-state index contributed by atoms with van der Waals surface area (Å²) in [7, 11) is -6.09. The Bertz CT molecular complexity index is 5600. The molecule has 0 amide bonds. The Morgan fingerprint density at radius 3 is 0.959 bits per heavy atom. The zero-order valence-corrected chi connectivity index (χ0v) is 55.2. The minimum absolute atomic E-state index is 0.177. The second-order valence-corrected chi connectivity index (χ2v) is 33.5. The SMILES string of the molecule is c1ccc(-n2c3ccccc3c3cc4c(cc32)N(c2cccc([Si](c3ccccc3)(c3ccccc3)c3ccccc3)c2)c2cc(-n3c5ccccc5c5ccccc53)cc3c2B4c2ccccc2N3c2cccc([Si](c3ccccc3)(c3ccccc3)c3ccccc3)c2)cc1. The maximum Gasteiger partial charge on any atom is 0.252 e. The summed E-state index contributed by atoms with van der Waals surface area (Å²) in [6.07, 6.45) is 0. The number of rotatable bonds is 12. The Labute approximate surface area is 567 Å². The zero-order valence-electron chi connectivity index (χ0n) is 53.2. The van der Waals surface area contributed by atoms with Gasteiger partial charge in [0.2, 0.25) is 0 Å². The number of aromatic nitrogens is 2. The van der Waals surface area contributed by atoms with Crippen molar-refractivity contribution in [2.75, 3.05) is 9.80 Å². The van der Waals surface area contributed by atoms with Gasteiger partial charge in [-0.3, -0.25) is 0 Å². The Morgan fingerprint density at radius 1 is 0.196 bits per heavy atom. The fraction of sp³-hybridized carbons (Fsp3) is 0. The third-order valence-corrected chi connectivity index (χ3v) is 30.5. The van der Waals surface area contributed by atoms with Crippen LogP contribution in [0.15, 0.2) is 382 Å². The van der Waals surface area contributed by atoms with E-state index in [-0.39, 0.29) is 6.71 Å². The van der Waals surface area contributed by atoms with Crippen LogP contribution in [0.25, 0.3) is 55.0 Å². The lowest BCUT2D eigenvalue weighted by molar-refractivity contribution is 1.16. The lowest BCUT2D eigenvalue weighted by Gasteiger charge is -2.45. The molecule has 17 aromatic rings. The van der Waals surface area contributed by atoms with Gasteiger partial charge in [-0.1, -0.05) is 303 Å². The zero-order chi connectivity index (χ0) is 64.0. The van der Waals surface area contributed by atoms with Gasteiger partial charge >= 0.3 is 0 Å². The highest BCUT2D eigenvalue weighted by atomic mass is 28.3. The van der Waals surface area contributed by atoms with Crippen LogP contribution in [0.2, 0.25) is 0 Å². The molecule has 0 saturated carbocycles. The van der Waals surface area contributed by atoms with Crippen LogP contribution >= 0.6 is 0 Å². The van der Waals surface area contributed by atoms with Crippen molar-refractivity contribution >= 4 is 158 Å². The van der Waals surface area contributed by atoms with Gasteiger partial charge in [-0.2, -0.15) is 0 Å². The second-order valence-electron chi connectivity index (χ2n) is 25.8. The molecule has 0 atom stereocenters. The van der Waals surface area contributed by atoms with Crippen LogP contribution in [0.4, 0.5) is 34.1 Å². The van der Waals surface area contributed by atoms with Crippen LogP contribution in [-0.2, 0) is 0 Å². The van der Waals surface area contributed by atoms with E-state index in [9.17, 15) is 0 Å². The van der Waals surface area contributed by atoms with Crippen LogP contribution in [0.5, 0.6) is 0 Å². The summed E-state index contributed by atoms with van der Waals surface area (Å²) in [5.41, 5.74) is 17.4. The highest BCUT2D eigenvalue weighted by molar-refractivity contribution is 7.20. The lowest BCUT2D eigenvalue weighted by Crippen LogP contribution is -2.74. The smallest absolute Gasteiger partial charge is 0.252 e. The normalized spacial score (nSPS) is 12.7. The van der Waals surface area contributed by atoms with Crippen molar-refractivity contribution in [1.82, 2.24) is 9.13 Å². The first kappa shape index (κ1) is 56.5. The topological polar surface area (TPSA) is 16.3 Å². The molecular weight excluding hydrogens is 1200 g/mol. The molecule has 0 spiro atoms. The van der Waals surface area contributed by atoms with Gasteiger partial charge in [-0.15, -0.1) is 0 Å². The standard InChI is InChI=1S/C90H63BN4Si2/c1-8-32-64(33-9-1)92-84-56-28-24-52-78(84)79-62-81-87(63-86(79)92)94(66-35-31-49-75(59-66)97(71-42-16-5-17-43-71,72-44-18-6-19-45-72)73-46-20-7-21-47-73)89-61-67(95-82-54-26-22-50-76(82)77-51-23-27-55-83(77)95)60-88-90(89)91(81)80-53-25-29-57-85(80)93(88)65-34-30-48-74(58-65)96(68-36-10-2-11-37-68,69-38-12-3-13-39-69)70-40-14-4-15-41-70/h1-63H. The Balaban J connectivity index is 0.955. The van der Waals surface area contributed by atoms with Gasteiger partial charge < -0.3 is 18.9 Å². The highest BCUT2D eigenvalue weighted by Gasteiger charge is 2.47. The first-order valence-corrected chi connectivity index (χ1v) is 37.7. The van der Waals surface area contributed by atoms with Crippen LogP contribution in [0, 0.1) is 0 Å². The monoisotopic (exact) mass is 1270 g/mol. The molecule has 2 aromatic heterocycles. The summed E-state index contributed by atoms with van der Waals surface area (Å²) >= 11 is 0. The fourth-order valence-corrected chi connectivity index (χ4v) is 26.6. The number of nitrogens with zero attached hydrogens (tertiary/aromatic N) is 4. The summed E-state index contributed by atoms with van der Waals surface area (Å²) in [5, 5.41) is 15.5. The lowest BCUT2D eigenvalue weighted by atomic mass is 9.33. The predicted octanol–water partition coefficient (Wildman–Crippen LogP) is 14.7. The van der Waals surface area contributed by atoms with Gasteiger partial charge in [0.1, 0.15) is 0 Å². The third kappa shape index (κ3) is 8.62. The average molecular weight is 1270 g/mol. The third-order valence-electron chi connectivity index (χ3n) is 20.9. The van der Waals surface area contributed by atoms with Crippen LogP contribution in [0.3, 0.4) is 0 Å². The van der Waals surface area contributed by atoms with Gasteiger partial charge in [0.25, 0.3) is 6.71 Å². The van der Waals surface area contributed by atoms with E-state index in [2.05, 4.69) is 401 Å². The summed E-state index contributed by atoms with van der Waals surface area (Å²) < 4.78 is 5.02. The van der Waals surface area contributed by atoms with E-state index < -0.39 is 16.1 Å². The summed E-state index contributed by atoms with van der Waals surface area (Å²) in [6, 6.07) is 145. The van der Waals surface area contributed by atoms with Crippen molar-refractivity contribution in [3.05, 3.63) is 382 Å². The molecule has 15 aromatic carbocycles. The quantitative estimate of drug-likeness (QED) is 0.0895. The van der Waals surface area contributed by atoms with Crippen LogP contribution in [0.1, 0.15) is 0 Å². The molecule has 4 heterocycles. The fourth-order valence-electron chi connectivity index (χ4n) is 17.0. The Kier molecular flexibility index (Phi) is 13.3. The number of anilines is 6. The largest absolute Gasteiger partial charge is 0.311 e. The molecule has 4 nitrogen and oxygen atoms in total. The maximum absolute atomic E-state index is 3.07. The Hall–Kier alpha value is -12.0. The summed E-state index contributed by atoms with van der Waals surface area (Å²) in [4.78, 5) is 5.29. The summed E-state index contributed by atoms with van der Waals surface area (Å²) in [5.74, 6) is 0. The van der Waals surface area contributed by atoms with Gasteiger partial charge in [0.15, 0.2) is 16.1 Å². The molecule has 0 N–H and O–H groups in total. The van der Waals surface area contributed by atoms with Gasteiger partial charge in [-0.25, -0.2) is 0 Å². The average Bonchev–Trinajstić information content (AvgIpc) is 1.52. The van der Waals surface area contributed by atoms with E-state index in [0.717, 1.165) is 62.0 Å². The van der Waals surface area contributed by atoms with Crippen molar-refractivity contribution in [2.24, 2.45) is 0 Å². The first-order valence-electron chi connectivity index (χ1n) is 33.7. The number of hydrogen-bond acceptors (Lipinski definition) is 2. The molecule has 19 rings (SSSR count). The molecule has 97 heavy (non-hydrogen) atoms. The second kappa shape index (κ2) is 22.9. The number of fused-ring (bicyclic) bond motifs is 10. The van der Waals surface area contributed by atoms with Crippen LogP contribution < -0.4 is 67.7 Å². The predicted molar refractivity (Wildman–Crippen MR) is 416 cm³/mol. The van der Waals surface area contributed by atoms with Gasteiger partial charge in [0.05, 0.1) is 27.8 Å². The molecule has 2 aliphatic rings. The van der Waals surface area contributed by atoms with E-state index in [1.54, 1.807) is 0 Å². The Morgan fingerprint density at radius 2 is 0.526 bits per heavy atom. The molecule has 0 bridgehead atoms. The molecular formula is C90H63BN4Si2. The minimum Gasteiger partial charge on any atom is -0.311 e. The van der Waals surface area contributed by atoms with E-state index in [4.69, 9.17) is 0 Å². The molecule has 0 radical (unpaired) electrons. The van der Waals surface area contributed by atoms with E-state index in [1.807, 2.05) is 0 Å². The van der Waals surface area contributed by atoms with Crippen molar-refractivity contribution in [1.29, 1.82) is 0 Å². The van der Waals surface area contributed by atoms with Crippen LogP contribution in [-0.4, -0.2) is 32.0 Å². The van der Waals surface area contributed by atoms with E-state index >= 15 is 0 Å². The van der Waals surface area contributed by atoms with Gasteiger partial charge in [-0.05, 0) is 137 Å². The molecule has 0 aliphatic carbocycles. The highest BCUT2D eigenvalue weighted by Crippen LogP contribution is 2.48. The van der Waals surface area contributed by atoms with Crippen molar-refractivity contribution < 1.29 is 0 Å². The molecule has 7 heteroatoms. The molecule has 454 valence electrons.